The van der Waals surface area contributed by atoms with Crippen molar-refractivity contribution in [2.45, 2.75) is 31.2 Å². The van der Waals surface area contributed by atoms with Crippen LogP contribution in [-0.2, 0) is 0 Å². The Morgan fingerprint density at radius 3 is 2.50 bits per heavy atom. The molecule has 18 heavy (non-hydrogen) atoms. The van der Waals surface area contributed by atoms with Crippen LogP contribution in [0.2, 0.25) is 0 Å². The summed E-state index contributed by atoms with van der Waals surface area (Å²) in [6.45, 7) is 0.0793. The van der Waals surface area contributed by atoms with Crippen LogP contribution in [0.15, 0.2) is 0 Å². The molecule has 1 aliphatic rings. The van der Waals surface area contributed by atoms with Gasteiger partial charge in [0.25, 0.3) is 0 Å². The Labute approximate surface area is 106 Å². The van der Waals surface area contributed by atoms with Crippen molar-refractivity contribution in [1.82, 2.24) is 15.0 Å². The molecule has 1 aromatic rings. The van der Waals surface area contributed by atoms with Gasteiger partial charge in [0.1, 0.15) is 0 Å². The summed E-state index contributed by atoms with van der Waals surface area (Å²) in [5.41, 5.74) is 5.36. The highest BCUT2D eigenvalue weighted by molar-refractivity contribution is 5.42. The van der Waals surface area contributed by atoms with Crippen LogP contribution in [0.1, 0.15) is 25.7 Å². The van der Waals surface area contributed by atoms with Gasteiger partial charge in [-0.2, -0.15) is 15.0 Å². The zero-order valence-electron chi connectivity index (χ0n) is 10.8. The molecule has 1 heterocycles. The van der Waals surface area contributed by atoms with Gasteiger partial charge in [0, 0.05) is 14.1 Å². The molecule has 0 bridgehead atoms. The lowest BCUT2D eigenvalue weighted by Crippen LogP contribution is -2.40. The standard InChI is InChI=1S/C11H20N6O/c1-17(2)10-14-8(12)13-9(15-10)16-11(7-18)5-3-4-6-11/h18H,3-7H2,1-2H3,(H3,12,13,14,15,16). The molecule has 0 spiro atoms. The molecule has 1 fully saturated rings. The fraction of sp³-hybridized carbons (Fsp3) is 0.727. The predicted octanol–water partition coefficient (Wildman–Crippen LogP) is 0.237. The first-order chi connectivity index (χ1) is 8.54. The highest BCUT2D eigenvalue weighted by Gasteiger charge is 2.34. The zero-order valence-corrected chi connectivity index (χ0v) is 10.8. The number of nitrogen functional groups attached to an aromatic ring is 1. The average Bonchev–Trinajstić information content (AvgIpc) is 2.77. The van der Waals surface area contributed by atoms with Gasteiger partial charge in [0.2, 0.25) is 17.8 Å². The van der Waals surface area contributed by atoms with Crippen molar-refractivity contribution in [2.24, 2.45) is 0 Å². The van der Waals surface area contributed by atoms with Gasteiger partial charge in [-0.1, -0.05) is 12.8 Å². The van der Waals surface area contributed by atoms with E-state index in [1.165, 1.54) is 0 Å². The molecule has 7 heteroatoms. The molecule has 0 amide bonds. The predicted molar refractivity (Wildman–Crippen MR) is 70.5 cm³/mol. The molecule has 0 saturated heterocycles. The maximum Gasteiger partial charge on any atom is 0.231 e. The van der Waals surface area contributed by atoms with Crippen LogP contribution in [0.3, 0.4) is 0 Å². The van der Waals surface area contributed by atoms with Crippen LogP contribution in [-0.4, -0.2) is 46.3 Å². The Hall–Kier alpha value is -1.63. The van der Waals surface area contributed by atoms with E-state index in [1.54, 1.807) is 4.90 Å². The van der Waals surface area contributed by atoms with E-state index in [0.29, 0.717) is 11.9 Å². The summed E-state index contributed by atoms with van der Waals surface area (Å²) in [5.74, 6) is 1.13. The molecule has 0 aliphatic heterocycles. The van der Waals surface area contributed by atoms with Crippen molar-refractivity contribution in [3.8, 4) is 0 Å². The first kappa shape index (κ1) is 12.8. The molecular weight excluding hydrogens is 232 g/mol. The normalized spacial score (nSPS) is 17.7. The van der Waals surface area contributed by atoms with Gasteiger partial charge >= 0.3 is 0 Å². The fourth-order valence-corrected chi connectivity index (χ4v) is 2.25. The quantitative estimate of drug-likeness (QED) is 0.705. The molecular formula is C11H20N6O. The van der Waals surface area contributed by atoms with E-state index in [2.05, 4.69) is 20.3 Å². The van der Waals surface area contributed by atoms with Crippen LogP contribution in [0.4, 0.5) is 17.8 Å². The Balaban J connectivity index is 2.22. The highest BCUT2D eigenvalue weighted by Crippen LogP contribution is 2.32. The smallest absolute Gasteiger partial charge is 0.231 e. The maximum absolute atomic E-state index is 9.55. The monoisotopic (exact) mass is 252 g/mol. The third-order valence-corrected chi connectivity index (χ3v) is 3.28. The summed E-state index contributed by atoms with van der Waals surface area (Å²) in [4.78, 5) is 14.2. The lowest BCUT2D eigenvalue weighted by atomic mass is 9.99. The minimum Gasteiger partial charge on any atom is -0.394 e. The molecule has 2 rings (SSSR count). The number of nitrogens with one attached hydrogen (secondary N) is 1. The van der Waals surface area contributed by atoms with Gasteiger partial charge in [0.15, 0.2) is 0 Å². The molecule has 0 unspecified atom stereocenters. The van der Waals surface area contributed by atoms with Crippen LogP contribution in [0, 0.1) is 0 Å². The van der Waals surface area contributed by atoms with Gasteiger partial charge in [-0.05, 0) is 12.8 Å². The third kappa shape index (κ3) is 2.61. The number of hydrogen-bond acceptors (Lipinski definition) is 7. The van der Waals surface area contributed by atoms with Gasteiger partial charge in [0.05, 0.1) is 12.1 Å². The second-order valence-electron chi connectivity index (χ2n) is 4.98. The number of hydrogen-bond donors (Lipinski definition) is 3. The number of nitrogens with two attached hydrogens (primary N) is 1. The Bertz CT molecular complexity index is 416. The lowest BCUT2D eigenvalue weighted by Gasteiger charge is -2.28. The molecule has 1 aromatic heterocycles. The Morgan fingerprint density at radius 2 is 1.94 bits per heavy atom. The summed E-state index contributed by atoms with van der Waals surface area (Å²) in [6.07, 6.45) is 4.06. The van der Waals surface area contributed by atoms with E-state index in [9.17, 15) is 5.11 Å². The number of aromatic nitrogens is 3. The van der Waals surface area contributed by atoms with E-state index in [4.69, 9.17) is 5.73 Å². The van der Waals surface area contributed by atoms with Crippen LogP contribution in [0.25, 0.3) is 0 Å². The minimum absolute atomic E-state index is 0.0793. The van der Waals surface area contributed by atoms with Crippen molar-refractivity contribution in [1.29, 1.82) is 0 Å². The van der Waals surface area contributed by atoms with Crippen LogP contribution in [0.5, 0.6) is 0 Å². The van der Waals surface area contributed by atoms with Crippen molar-refractivity contribution in [3.63, 3.8) is 0 Å². The second kappa shape index (κ2) is 4.93. The molecule has 1 saturated carbocycles. The van der Waals surface area contributed by atoms with Crippen LogP contribution < -0.4 is 16.0 Å². The lowest BCUT2D eigenvalue weighted by molar-refractivity contribution is 0.213. The maximum atomic E-state index is 9.55. The molecule has 4 N–H and O–H groups in total. The number of anilines is 3. The van der Waals surface area contributed by atoms with Crippen molar-refractivity contribution < 1.29 is 5.11 Å². The van der Waals surface area contributed by atoms with E-state index in [1.807, 2.05) is 14.1 Å². The molecule has 0 radical (unpaired) electrons. The van der Waals surface area contributed by atoms with E-state index in [0.717, 1.165) is 25.7 Å². The number of rotatable bonds is 4. The summed E-state index contributed by atoms with van der Waals surface area (Å²) >= 11 is 0. The number of aliphatic hydroxyl groups is 1. The second-order valence-corrected chi connectivity index (χ2v) is 4.98. The van der Waals surface area contributed by atoms with Crippen molar-refractivity contribution in [3.05, 3.63) is 0 Å². The van der Waals surface area contributed by atoms with Crippen molar-refractivity contribution in [2.75, 3.05) is 36.7 Å². The molecule has 0 atom stereocenters. The van der Waals surface area contributed by atoms with E-state index >= 15 is 0 Å². The highest BCUT2D eigenvalue weighted by atomic mass is 16.3. The SMILES string of the molecule is CN(C)c1nc(N)nc(NC2(CO)CCCC2)n1. The van der Waals surface area contributed by atoms with Crippen molar-refractivity contribution >= 4 is 17.8 Å². The number of nitrogens with zero attached hydrogens (tertiary/aromatic N) is 4. The van der Waals surface area contributed by atoms with Gasteiger partial charge in [-0.15, -0.1) is 0 Å². The summed E-state index contributed by atoms with van der Waals surface area (Å²) < 4.78 is 0. The topological polar surface area (TPSA) is 100 Å². The average molecular weight is 252 g/mol. The summed E-state index contributed by atoms with van der Waals surface area (Å²) in [6, 6.07) is 0. The zero-order chi connectivity index (χ0) is 13.2. The van der Waals surface area contributed by atoms with E-state index < -0.39 is 0 Å². The Morgan fingerprint density at radius 1 is 1.28 bits per heavy atom. The minimum atomic E-state index is -0.308. The number of aliphatic hydroxyl groups excluding tert-OH is 1. The summed E-state index contributed by atoms with van der Waals surface area (Å²) in [7, 11) is 3.69. The molecule has 7 nitrogen and oxygen atoms in total. The fourth-order valence-electron chi connectivity index (χ4n) is 2.25. The largest absolute Gasteiger partial charge is 0.394 e. The third-order valence-electron chi connectivity index (χ3n) is 3.28. The first-order valence-electron chi connectivity index (χ1n) is 6.13. The molecule has 1 aliphatic carbocycles. The van der Waals surface area contributed by atoms with Gasteiger partial charge < -0.3 is 21.1 Å². The Kier molecular flexibility index (Phi) is 3.51. The summed E-state index contributed by atoms with van der Waals surface area (Å²) in [5, 5.41) is 12.8. The van der Waals surface area contributed by atoms with Gasteiger partial charge in [-0.25, -0.2) is 0 Å². The first-order valence-corrected chi connectivity index (χ1v) is 6.13. The van der Waals surface area contributed by atoms with Crippen LogP contribution >= 0.6 is 0 Å². The molecule has 100 valence electrons. The molecule has 0 aromatic carbocycles. The van der Waals surface area contributed by atoms with E-state index in [-0.39, 0.29) is 18.1 Å². The van der Waals surface area contributed by atoms with Gasteiger partial charge in [-0.3, -0.25) is 0 Å².